The monoisotopic (exact) mass is 137 g/mol. The Bertz CT molecular complexity index is 151. The lowest BCUT2D eigenvalue weighted by Crippen LogP contribution is -2.46. The van der Waals surface area contributed by atoms with Crippen molar-refractivity contribution in [2.24, 2.45) is 11.8 Å². The largest absolute Gasteiger partial charge is 0.310 e. The van der Waals surface area contributed by atoms with Crippen molar-refractivity contribution in [1.29, 1.82) is 0 Å². The molecule has 1 saturated heterocycles. The van der Waals surface area contributed by atoms with Crippen LogP contribution in [0.25, 0.3) is 0 Å². The van der Waals surface area contributed by atoms with Crippen LogP contribution < -0.4 is 5.32 Å². The summed E-state index contributed by atoms with van der Waals surface area (Å²) in [6.07, 6.45) is 7.49. The van der Waals surface area contributed by atoms with Gasteiger partial charge in [-0.2, -0.15) is 0 Å². The summed E-state index contributed by atoms with van der Waals surface area (Å²) >= 11 is 0. The van der Waals surface area contributed by atoms with Crippen molar-refractivity contribution < 1.29 is 0 Å². The van der Waals surface area contributed by atoms with Crippen LogP contribution in [-0.2, 0) is 0 Å². The van der Waals surface area contributed by atoms with Gasteiger partial charge in [-0.25, -0.2) is 0 Å². The molecule has 2 bridgehead atoms. The van der Waals surface area contributed by atoms with Crippen LogP contribution in [0.15, 0.2) is 12.2 Å². The van der Waals surface area contributed by atoms with Gasteiger partial charge in [-0.3, -0.25) is 0 Å². The minimum Gasteiger partial charge on any atom is -0.310 e. The Morgan fingerprint density at radius 3 is 2.70 bits per heavy atom. The van der Waals surface area contributed by atoms with Crippen molar-refractivity contribution in [3.8, 4) is 0 Å². The average molecular weight is 137 g/mol. The van der Waals surface area contributed by atoms with E-state index in [-0.39, 0.29) is 0 Å². The number of hydrogen-bond acceptors (Lipinski definition) is 1. The van der Waals surface area contributed by atoms with E-state index < -0.39 is 0 Å². The van der Waals surface area contributed by atoms with Crippen LogP contribution in [0.1, 0.15) is 19.8 Å². The Kier molecular flexibility index (Phi) is 1.53. The second-order valence-electron chi connectivity index (χ2n) is 3.48. The molecule has 10 heavy (non-hydrogen) atoms. The fourth-order valence-electron chi connectivity index (χ4n) is 2.14. The van der Waals surface area contributed by atoms with E-state index in [1.54, 1.807) is 0 Å². The third kappa shape index (κ3) is 0.891. The van der Waals surface area contributed by atoms with Gasteiger partial charge in [0.05, 0.1) is 0 Å². The zero-order valence-electron chi connectivity index (χ0n) is 6.51. The molecule has 0 radical (unpaired) electrons. The summed E-state index contributed by atoms with van der Waals surface area (Å²) in [4.78, 5) is 0. The van der Waals surface area contributed by atoms with E-state index in [4.69, 9.17) is 0 Å². The second-order valence-corrected chi connectivity index (χ2v) is 3.48. The standard InChI is InChI=1S/C9H15N/c1-2-8-5-7-3-4-9(8)10-6-7/h3-4,7-10H,2,5-6H2,1H3/t7-,8-,9+/m1/s1. The molecule has 1 nitrogen and oxygen atoms in total. The summed E-state index contributed by atoms with van der Waals surface area (Å²) in [5.41, 5.74) is 0. The summed E-state index contributed by atoms with van der Waals surface area (Å²) in [7, 11) is 0. The predicted molar refractivity (Wildman–Crippen MR) is 42.8 cm³/mol. The van der Waals surface area contributed by atoms with E-state index in [1.165, 1.54) is 19.4 Å². The molecule has 3 rings (SSSR count). The summed E-state index contributed by atoms with van der Waals surface area (Å²) in [5.74, 6) is 1.76. The van der Waals surface area contributed by atoms with Crippen LogP contribution in [0.5, 0.6) is 0 Å². The zero-order valence-corrected chi connectivity index (χ0v) is 6.51. The van der Waals surface area contributed by atoms with Gasteiger partial charge in [-0.15, -0.1) is 0 Å². The molecule has 0 aromatic heterocycles. The molecule has 0 unspecified atom stereocenters. The van der Waals surface area contributed by atoms with Crippen LogP contribution in [0.4, 0.5) is 0 Å². The van der Waals surface area contributed by atoms with Crippen LogP contribution in [0.2, 0.25) is 0 Å². The highest BCUT2D eigenvalue weighted by atomic mass is 14.9. The summed E-state index contributed by atoms with van der Waals surface area (Å²) in [6.45, 7) is 3.51. The van der Waals surface area contributed by atoms with Gasteiger partial charge in [0.1, 0.15) is 0 Å². The number of nitrogens with one attached hydrogen (secondary N) is 1. The molecule has 3 atom stereocenters. The van der Waals surface area contributed by atoms with Gasteiger partial charge in [0.25, 0.3) is 0 Å². The quantitative estimate of drug-likeness (QED) is 0.541. The van der Waals surface area contributed by atoms with Crippen molar-refractivity contribution >= 4 is 0 Å². The number of piperidine rings is 1. The van der Waals surface area contributed by atoms with Crippen molar-refractivity contribution in [2.75, 3.05) is 6.54 Å². The molecular weight excluding hydrogens is 122 g/mol. The van der Waals surface area contributed by atoms with Crippen molar-refractivity contribution in [3.05, 3.63) is 12.2 Å². The van der Waals surface area contributed by atoms with Crippen molar-refractivity contribution in [2.45, 2.75) is 25.8 Å². The molecule has 2 heterocycles. The summed E-state index contributed by atoms with van der Waals surface area (Å²) in [6, 6.07) is 0.704. The maximum absolute atomic E-state index is 3.53. The van der Waals surface area contributed by atoms with Crippen LogP contribution >= 0.6 is 0 Å². The highest BCUT2D eigenvalue weighted by Gasteiger charge is 2.29. The highest BCUT2D eigenvalue weighted by molar-refractivity contribution is 5.10. The first-order chi connectivity index (χ1) is 4.90. The molecule has 1 aliphatic carbocycles. The Morgan fingerprint density at radius 2 is 2.40 bits per heavy atom. The first kappa shape index (κ1) is 6.41. The molecule has 3 aliphatic rings. The molecule has 1 fully saturated rings. The van der Waals surface area contributed by atoms with Gasteiger partial charge in [-0.05, 0) is 18.3 Å². The average Bonchev–Trinajstić information content (AvgIpc) is 2.06. The van der Waals surface area contributed by atoms with Gasteiger partial charge < -0.3 is 5.32 Å². The smallest absolute Gasteiger partial charge is 0.0278 e. The molecule has 2 aliphatic heterocycles. The SMILES string of the molecule is CC[C@@H]1C[C@H]2C=C[C@@H]1NC2. The fourth-order valence-corrected chi connectivity index (χ4v) is 2.14. The molecule has 56 valence electrons. The van der Waals surface area contributed by atoms with Crippen LogP contribution in [0.3, 0.4) is 0 Å². The van der Waals surface area contributed by atoms with E-state index in [1.807, 2.05) is 0 Å². The molecule has 0 aromatic carbocycles. The number of rotatable bonds is 1. The third-order valence-electron chi connectivity index (χ3n) is 2.84. The van der Waals surface area contributed by atoms with E-state index in [2.05, 4.69) is 24.4 Å². The molecule has 0 saturated carbocycles. The first-order valence-corrected chi connectivity index (χ1v) is 4.32. The number of hydrogen-bond donors (Lipinski definition) is 1. The van der Waals surface area contributed by atoms with Gasteiger partial charge >= 0.3 is 0 Å². The lowest BCUT2D eigenvalue weighted by molar-refractivity contribution is 0.250. The van der Waals surface area contributed by atoms with Gasteiger partial charge in [0, 0.05) is 12.6 Å². The van der Waals surface area contributed by atoms with Gasteiger partial charge in [-0.1, -0.05) is 25.5 Å². The molecule has 0 amide bonds. The van der Waals surface area contributed by atoms with E-state index in [0.29, 0.717) is 6.04 Å². The lowest BCUT2D eigenvalue weighted by Gasteiger charge is -2.38. The van der Waals surface area contributed by atoms with Crippen molar-refractivity contribution in [1.82, 2.24) is 5.32 Å². The zero-order chi connectivity index (χ0) is 6.97. The molecule has 1 heteroatoms. The van der Waals surface area contributed by atoms with Gasteiger partial charge in [0.15, 0.2) is 0 Å². The Morgan fingerprint density at radius 1 is 1.50 bits per heavy atom. The minimum atomic E-state index is 0.704. The Hall–Kier alpha value is -0.300. The van der Waals surface area contributed by atoms with E-state index in [0.717, 1.165) is 11.8 Å². The Labute approximate surface area is 62.5 Å². The second kappa shape index (κ2) is 2.39. The number of fused-ring (bicyclic) bond motifs is 2. The van der Waals surface area contributed by atoms with E-state index in [9.17, 15) is 0 Å². The Balaban J connectivity index is 2.11. The molecule has 0 aromatic rings. The fraction of sp³-hybridized carbons (Fsp3) is 0.778. The van der Waals surface area contributed by atoms with E-state index >= 15 is 0 Å². The van der Waals surface area contributed by atoms with Gasteiger partial charge in [0.2, 0.25) is 0 Å². The highest BCUT2D eigenvalue weighted by Crippen LogP contribution is 2.29. The molecule has 0 spiro atoms. The lowest BCUT2D eigenvalue weighted by atomic mass is 9.78. The van der Waals surface area contributed by atoms with Crippen LogP contribution in [-0.4, -0.2) is 12.6 Å². The van der Waals surface area contributed by atoms with Crippen LogP contribution in [0, 0.1) is 11.8 Å². The topological polar surface area (TPSA) is 12.0 Å². The first-order valence-electron chi connectivity index (χ1n) is 4.32. The summed E-state index contributed by atoms with van der Waals surface area (Å²) < 4.78 is 0. The maximum atomic E-state index is 3.53. The normalized spacial score (nSPS) is 44.3. The predicted octanol–water partition coefficient (Wildman–Crippen LogP) is 1.56. The summed E-state index contributed by atoms with van der Waals surface area (Å²) in [5, 5.41) is 3.53. The van der Waals surface area contributed by atoms with Crippen molar-refractivity contribution in [3.63, 3.8) is 0 Å². The molecule has 1 N–H and O–H groups in total. The minimum absolute atomic E-state index is 0.704. The third-order valence-corrected chi connectivity index (χ3v) is 2.84. The maximum Gasteiger partial charge on any atom is 0.0278 e. The molecular formula is C9H15N.